The largest absolute Gasteiger partial charge is 0.478 e. The summed E-state index contributed by atoms with van der Waals surface area (Å²) in [4.78, 5) is 8.42. The first kappa shape index (κ1) is 14.1. The Labute approximate surface area is 116 Å². The van der Waals surface area contributed by atoms with Crippen LogP contribution in [-0.2, 0) is 0 Å². The molecule has 2 rings (SSSR count). The van der Waals surface area contributed by atoms with Gasteiger partial charge in [-0.1, -0.05) is 20.8 Å². The summed E-state index contributed by atoms with van der Waals surface area (Å²) in [6.07, 6.45) is 6.35. The lowest BCUT2D eigenvalue weighted by atomic mass is 9.80. The second-order valence-electron chi connectivity index (χ2n) is 5.85. The van der Waals surface area contributed by atoms with Crippen molar-refractivity contribution in [3.8, 4) is 5.88 Å². The van der Waals surface area contributed by atoms with Gasteiger partial charge < -0.3 is 10.1 Å². The third-order valence-corrected chi connectivity index (χ3v) is 3.63. The molecule has 0 saturated heterocycles. The van der Waals surface area contributed by atoms with Crippen LogP contribution in [0.2, 0.25) is 0 Å². The average molecular weight is 263 g/mol. The normalized spacial score (nSPS) is 27.0. The highest BCUT2D eigenvalue weighted by molar-refractivity contribution is 5.38. The van der Waals surface area contributed by atoms with Crippen molar-refractivity contribution in [2.45, 2.75) is 52.5 Å². The second-order valence-corrected chi connectivity index (χ2v) is 5.85. The molecule has 4 heteroatoms. The highest BCUT2D eigenvalue weighted by Crippen LogP contribution is 2.30. The van der Waals surface area contributed by atoms with E-state index in [9.17, 15) is 0 Å². The van der Waals surface area contributed by atoms with E-state index in [0.717, 1.165) is 24.1 Å². The Hall–Kier alpha value is -1.32. The third-order valence-electron chi connectivity index (χ3n) is 3.63. The summed E-state index contributed by atoms with van der Waals surface area (Å²) in [5.41, 5.74) is 0. The second kappa shape index (κ2) is 6.73. The van der Waals surface area contributed by atoms with Gasteiger partial charge in [0.05, 0.1) is 6.61 Å². The van der Waals surface area contributed by atoms with Crippen LogP contribution in [0.25, 0.3) is 0 Å². The highest BCUT2D eigenvalue weighted by atomic mass is 16.5. The zero-order chi connectivity index (χ0) is 13.7. The summed E-state index contributed by atoms with van der Waals surface area (Å²) in [5, 5.41) is 3.53. The molecule has 2 atom stereocenters. The lowest BCUT2D eigenvalue weighted by molar-refractivity contribution is 0.280. The van der Waals surface area contributed by atoms with Crippen molar-refractivity contribution in [1.29, 1.82) is 0 Å². The molecule has 0 bridgehead atoms. The fourth-order valence-corrected chi connectivity index (χ4v) is 2.98. The summed E-state index contributed by atoms with van der Waals surface area (Å²) < 4.78 is 5.54. The van der Waals surface area contributed by atoms with Crippen molar-refractivity contribution in [2.24, 2.45) is 11.8 Å². The number of rotatable bonds is 5. The van der Waals surface area contributed by atoms with Crippen molar-refractivity contribution in [3.63, 3.8) is 0 Å². The van der Waals surface area contributed by atoms with Gasteiger partial charge in [0.25, 0.3) is 0 Å². The van der Waals surface area contributed by atoms with Crippen LogP contribution < -0.4 is 10.1 Å². The molecule has 1 heterocycles. The Morgan fingerprint density at radius 1 is 1.21 bits per heavy atom. The van der Waals surface area contributed by atoms with Gasteiger partial charge in [0.2, 0.25) is 5.88 Å². The summed E-state index contributed by atoms with van der Waals surface area (Å²) in [6.45, 7) is 7.46. The maximum Gasteiger partial charge on any atom is 0.218 e. The molecule has 1 aliphatic carbocycles. The topological polar surface area (TPSA) is 47.0 Å². The van der Waals surface area contributed by atoms with E-state index in [2.05, 4.69) is 36.1 Å². The van der Waals surface area contributed by atoms with Gasteiger partial charge in [-0.3, -0.25) is 0 Å². The zero-order valence-electron chi connectivity index (χ0n) is 12.2. The minimum absolute atomic E-state index is 0.521. The summed E-state index contributed by atoms with van der Waals surface area (Å²) in [7, 11) is 0. The smallest absolute Gasteiger partial charge is 0.218 e. The summed E-state index contributed by atoms with van der Waals surface area (Å²) in [5.74, 6) is 3.13. The van der Waals surface area contributed by atoms with Crippen molar-refractivity contribution in [3.05, 3.63) is 12.4 Å². The third kappa shape index (κ3) is 4.37. The Bertz CT molecular complexity index is 387. The Morgan fingerprint density at radius 2 is 1.95 bits per heavy atom. The average Bonchev–Trinajstić information content (AvgIpc) is 2.35. The van der Waals surface area contributed by atoms with Crippen LogP contribution in [0.15, 0.2) is 12.4 Å². The van der Waals surface area contributed by atoms with Crippen LogP contribution in [0.4, 0.5) is 5.82 Å². The molecule has 4 nitrogen and oxygen atoms in total. The van der Waals surface area contributed by atoms with Crippen molar-refractivity contribution in [2.75, 3.05) is 11.9 Å². The van der Waals surface area contributed by atoms with E-state index in [1.165, 1.54) is 19.3 Å². The summed E-state index contributed by atoms with van der Waals surface area (Å²) >= 11 is 0. The number of hydrogen-bond acceptors (Lipinski definition) is 4. The standard InChI is InChI=1S/C15H25N3O/c1-4-5-19-15-9-14(16-10-17-15)18-13-7-11(2)6-12(3)8-13/h9-13H,4-8H2,1-3H3,(H,16,17,18). The molecule has 0 radical (unpaired) electrons. The predicted octanol–water partition coefficient (Wildman–Crippen LogP) is 3.50. The lowest BCUT2D eigenvalue weighted by Crippen LogP contribution is -2.30. The first-order valence-corrected chi connectivity index (χ1v) is 7.38. The Balaban J connectivity index is 1.94. The molecule has 19 heavy (non-hydrogen) atoms. The van der Waals surface area contributed by atoms with Crippen LogP contribution in [0, 0.1) is 11.8 Å². The molecule has 0 aliphatic heterocycles. The molecule has 1 N–H and O–H groups in total. The number of hydrogen-bond donors (Lipinski definition) is 1. The van der Waals surface area contributed by atoms with E-state index in [0.29, 0.717) is 18.5 Å². The van der Waals surface area contributed by atoms with Crippen LogP contribution in [0.1, 0.15) is 46.5 Å². The zero-order valence-corrected chi connectivity index (χ0v) is 12.2. The van der Waals surface area contributed by atoms with E-state index in [-0.39, 0.29) is 0 Å². The maximum absolute atomic E-state index is 5.54. The molecule has 106 valence electrons. The molecule has 1 aliphatic rings. The molecule has 1 aromatic heterocycles. The van der Waals surface area contributed by atoms with Gasteiger partial charge in [-0.15, -0.1) is 0 Å². The number of aromatic nitrogens is 2. The van der Waals surface area contributed by atoms with Crippen LogP contribution in [0.5, 0.6) is 5.88 Å². The Morgan fingerprint density at radius 3 is 2.63 bits per heavy atom. The molecular weight excluding hydrogens is 238 g/mol. The molecule has 0 spiro atoms. The molecule has 1 aromatic rings. The lowest BCUT2D eigenvalue weighted by Gasteiger charge is -2.32. The van der Waals surface area contributed by atoms with Gasteiger partial charge in [-0.2, -0.15) is 0 Å². The fraction of sp³-hybridized carbons (Fsp3) is 0.733. The first-order chi connectivity index (χ1) is 9.17. The minimum Gasteiger partial charge on any atom is -0.478 e. The van der Waals surface area contributed by atoms with E-state index >= 15 is 0 Å². The van der Waals surface area contributed by atoms with Crippen LogP contribution in [0.3, 0.4) is 0 Å². The quantitative estimate of drug-likeness (QED) is 0.883. The minimum atomic E-state index is 0.521. The maximum atomic E-state index is 5.54. The molecule has 1 fully saturated rings. The predicted molar refractivity (Wildman–Crippen MR) is 77.4 cm³/mol. The van der Waals surface area contributed by atoms with E-state index in [4.69, 9.17) is 4.74 Å². The van der Waals surface area contributed by atoms with Crippen LogP contribution >= 0.6 is 0 Å². The molecule has 0 aromatic carbocycles. The Kier molecular flexibility index (Phi) is 5.00. The monoisotopic (exact) mass is 263 g/mol. The van der Waals surface area contributed by atoms with Gasteiger partial charge in [0.1, 0.15) is 12.1 Å². The van der Waals surface area contributed by atoms with E-state index < -0.39 is 0 Å². The van der Waals surface area contributed by atoms with E-state index in [1.54, 1.807) is 6.33 Å². The number of nitrogens with one attached hydrogen (secondary N) is 1. The van der Waals surface area contributed by atoms with E-state index in [1.807, 2.05) is 6.07 Å². The van der Waals surface area contributed by atoms with Crippen molar-refractivity contribution < 1.29 is 4.74 Å². The molecule has 0 amide bonds. The molecule has 1 saturated carbocycles. The fourth-order valence-electron chi connectivity index (χ4n) is 2.98. The number of ether oxygens (including phenoxy) is 1. The summed E-state index contributed by atoms with van der Waals surface area (Å²) in [6, 6.07) is 2.42. The first-order valence-electron chi connectivity index (χ1n) is 7.38. The van der Waals surface area contributed by atoms with Crippen molar-refractivity contribution in [1.82, 2.24) is 9.97 Å². The number of anilines is 1. The van der Waals surface area contributed by atoms with Gasteiger partial charge >= 0.3 is 0 Å². The SMILES string of the molecule is CCCOc1cc(NC2CC(C)CC(C)C2)ncn1. The van der Waals surface area contributed by atoms with Crippen molar-refractivity contribution >= 4 is 5.82 Å². The molecule has 2 unspecified atom stereocenters. The molecular formula is C15H25N3O. The number of nitrogens with zero attached hydrogens (tertiary/aromatic N) is 2. The van der Waals surface area contributed by atoms with Gasteiger partial charge in [0.15, 0.2) is 0 Å². The van der Waals surface area contributed by atoms with Gasteiger partial charge in [0, 0.05) is 12.1 Å². The van der Waals surface area contributed by atoms with Gasteiger partial charge in [-0.05, 0) is 37.5 Å². The van der Waals surface area contributed by atoms with Gasteiger partial charge in [-0.25, -0.2) is 9.97 Å². The van der Waals surface area contributed by atoms with Crippen LogP contribution in [-0.4, -0.2) is 22.6 Å². The highest BCUT2D eigenvalue weighted by Gasteiger charge is 2.24.